The first-order valence-electron chi connectivity index (χ1n) is 5.22. The highest BCUT2D eigenvalue weighted by Crippen LogP contribution is 2.22. The van der Waals surface area contributed by atoms with Crippen LogP contribution in [-0.4, -0.2) is 11.3 Å². The zero-order chi connectivity index (χ0) is 13.0. The Kier molecular flexibility index (Phi) is 4.23. The summed E-state index contributed by atoms with van der Waals surface area (Å²) in [6.07, 6.45) is 0.766. The van der Waals surface area contributed by atoms with Gasteiger partial charge in [0.05, 0.1) is 0 Å². The molecule has 0 aliphatic heterocycles. The monoisotopic (exact) mass is 320 g/mol. The van der Waals surface area contributed by atoms with E-state index >= 15 is 0 Å². The number of carbonyl (C=O) groups is 1. The zero-order valence-electron chi connectivity index (χ0n) is 9.30. The van der Waals surface area contributed by atoms with E-state index in [0.717, 1.165) is 16.3 Å². The molecule has 2 aromatic carbocycles. The molecule has 0 saturated heterocycles. The third-order valence-corrected chi connectivity index (χ3v) is 3.36. The summed E-state index contributed by atoms with van der Waals surface area (Å²) in [6.45, 7) is 0. The van der Waals surface area contributed by atoms with Crippen molar-refractivity contribution in [2.75, 3.05) is 0 Å². The van der Waals surface area contributed by atoms with Crippen LogP contribution >= 0.6 is 28.1 Å². The maximum Gasteiger partial charge on any atom is 0.198 e. The summed E-state index contributed by atoms with van der Waals surface area (Å²) in [4.78, 5) is 10.8. The molecule has 0 bridgehead atoms. The molecule has 0 atom stereocenters. The SMILES string of the molecule is O=Cc1cc(OC(=S)c2ccccc2)ccc1Br. The van der Waals surface area contributed by atoms with Crippen molar-refractivity contribution in [1.29, 1.82) is 0 Å². The topological polar surface area (TPSA) is 26.3 Å². The fraction of sp³-hybridized carbons (Fsp3) is 0. The van der Waals surface area contributed by atoms with E-state index in [-0.39, 0.29) is 0 Å². The molecule has 90 valence electrons. The third-order valence-electron chi connectivity index (χ3n) is 2.31. The molecule has 0 aromatic heterocycles. The standard InChI is InChI=1S/C14H9BrO2S/c15-13-7-6-12(8-11(13)9-16)17-14(18)10-4-2-1-3-5-10/h1-9H. The van der Waals surface area contributed by atoms with Gasteiger partial charge in [-0.15, -0.1) is 0 Å². The highest BCUT2D eigenvalue weighted by Gasteiger charge is 2.06. The lowest BCUT2D eigenvalue weighted by Crippen LogP contribution is -2.06. The van der Waals surface area contributed by atoms with E-state index < -0.39 is 0 Å². The molecule has 0 heterocycles. The summed E-state index contributed by atoms with van der Waals surface area (Å²) in [6, 6.07) is 14.6. The quantitative estimate of drug-likeness (QED) is 0.631. The number of thiocarbonyl (C=S) groups is 1. The normalized spacial score (nSPS) is 9.83. The van der Waals surface area contributed by atoms with Crippen LogP contribution in [0.2, 0.25) is 0 Å². The summed E-state index contributed by atoms with van der Waals surface area (Å²) in [7, 11) is 0. The minimum Gasteiger partial charge on any atom is -0.445 e. The van der Waals surface area contributed by atoms with Gasteiger partial charge in [0.25, 0.3) is 0 Å². The van der Waals surface area contributed by atoms with Gasteiger partial charge in [0.15, 0.2) is 11.3 Å². The summed E-state index contributed by atoms with van der Waals surface area (Å²) >= 11 is 8.47. The number of aldehydes is 1. The Balaban J connectivity index is 2.20. The number of carbonyl (C=O) groups excluding carboxylic acids is 1. The predicted octanol–water partition coefficient (Wildman–Crippen LogP) is 4.02. The molecule has 0 aliphatic rings. The maximum absolute atomic E-state index is 10.8. The molecular formula is C14H9BrO2S. The predicted molar refractivity (Wildman–Crippen MR) is 78.3 cm³/mol. The number of halogens is 1. The van der Waals surface area contributed by atoms with Crippen molar-refractivity contribution in [1.82, 2.24) is 0 Å². The zero-order valence-corrected chi connectivity index (χ0v) is 11.7. The molecule has 2 aromatic rings. The maximum atomic E-state index is 10.8. The van der Waals surface area contributed by atoms with Gasteiger partial charge in [-0.25, -0.2) is 0 Å². The van der Waals surface area contributed by atoms with E-state index in [4.69, 9.17) is 17.0 Å². The molecule has 0 saturated carbocycles. The van der Waals surface area contributed by atoms with Gasteiger partial charge in [0, 0.05) is 15.6 Å². The van der Waals surface area contributed by atoms with Crippen LogP contribution in [0, 0.1) is 0 Å². The number of rotatable bonds is 3. The molecule has 4 heteroatoms. The second-order valence-corrected chi connectivity index (χ2v) is 4.78. The van der Waals surface area contributed by atoms with Crippen LogP contribution < -0.4 is 4.74 Å². The molecule has 0 spiro atoms. The molecule has 0 amide bonds. The molecular weight excluding hydrogens is 312 g/mol. The molecule has 0 unspecified atom stereocenters. The molecule has 0 N–H and O–H groups in total. The molecule has 0 aliphatic carbocycles. The Morgan fingerprint density at radius 1 is 1.17 bits per heavy atom. The van der Waals surface area contributed by atoms with Gasteiger partial charge in [-0.1, -0.05) is 46.3 Å². The first kappa shape index (κ1) is 12.9. The van der Waals surface area contributed by atoms with Gasteiger partial charge >= 0.3 is 0 Å². The minimum atomic E-state index is 0.384. The fourth-order valence-corrected chi connectivity index (χ4v) is 1.99. The van der Waals surface area contributed by atoms with Crippen LogP contribution in [0.3, 0.4) is 0 Å². The van der Waals surface area contributed by atoms with Crippen molar-refractivity contribution < 1.29 is 9.53 Å². The van der Waals surface area contributed by atoms with E-state index in [9.17, 15) is 4.79 Å². The average molecular weight is 321 g/mol. The second-order valence-electron chi connectivity index (χ2n) is 3.56. The van der Waals surface area contributed by atoms with Crippen molar-refractivity contribution in [3.63, 3.8) is 0 Å². The Morgan fingerprint density at radius 3 is 2.56 bits per heavy atom. The summed E-state index contributed by atoms with van der Waals surface area (Å²) in [5.74, 6) is 0.550. The molecule has 2 rings (SSSR count). The number of hydrogen-bond donors (Lipinski definition) is 0. The lowest BCUT2D eigenvalue weighted by atomic mass is 10.2. The highest BCUT2D eigenvalue weighted by molar-refractivity contribution is 9.10. The second kappa shape index (κ2) is 5.89. The Labute approximate surface area is 119 Å². The lowest BCUT2D eigenvalue weighted by molar-refractivity contribution is 0.112. The van der Waals surface area contributed by atoms with Crippen molar-refractivity contribution in [2.45, 2.75) is 0 Å². The van der Waals surface area contributed by atoms with E-state index in [1.165, 1.54) is 0 Å². The Morgan fingerprint density at radius 2 is 1.89 bits per heavy atom. The van der Waals surface area contributed by atoms with Gasteiger partial charge in [-0.2, -0.15) is 0 Å². The smallest absolute Gasteiger partial charge is 0.198 e. The molecule has 2 nitrogen and oxygen atoms in total. The van der Waals surface area contributed by atoms with E-state index in [1.54, 1.807) is 18.2 Å². The Hall–Kier alpha value is -1.52. The van der Waals surface area contributed by atoms with Crippen LogP contribution in [0.1, 0.15) is 15.9 Å². The van der Waals surface area contributed by atoms with Crippen molar-refractivity contribution >= 4 is 39.5 Å². The van der Waals surface area contributed by atoms with Crippen LogP contribution in [0.15, 0.2) is 53.0 Å². The summed E-state index contributed by atoms with van der Waals surface area (Å²) < 4.78 is 6.28. The fourth-order valence-electron chi connectivity index (χ4n) is 1.42. The third kappa shape index (κ3) is 3.03. The van der Waals surface area contributed by atoms with Crippen molar-refractivity contribution in [3.8, 4) is 5.75 Å². The van der Waals surface area contributed by atoms with Gasteiger partial charge in [0.1, 0.15) is 5.75 Å². The number of hydrogen-bond acceptors (Lipinski definition) is 3. The van der Waals surface area contributed by atoms with Crippen LogP contribution in [0.25, 0.3) is 0 Å². The van der Waals surface area contributed by atoms with E-state index in [1.807, 2.05) is 30.3 Å². The lowest BCUT2D eigenvalue weighted by Gasteiger charge is -2.08. The molecule has 18 heavy (non-hydrogen) atoms. The largest absolute Gasteiger partial charge is 0.445 e. The molecule has 0 radical (unpaired) electrons. The van der Waals surface area contributed by atoms with Crippen molar-refractivity contribution in [3.05, 3.63) is 64.1 Å². The van der Waals surface area contributed by atoms with Crippen molar-refractivity contribution in [2.24, 2.45) is 0 Å². The van der Waals surface area contributed by atoms with Gasteiger partial charge < -0.3 is 4.74 Å². The molecule has 0 fully saturated rings. The van der Waals surface area contributed by atoms with Gasteiger partial charge in [-0.05, 0) is 30.4 Å². The highest BCUT2D eigenvalue weighted by atomic mass is 79.9. The van der Waals surface area contributed by atoms with Gasteiger partial charge in [0.2, 0.25) is 0 Å². The van der Waals surface area contributed by atoms with E-state index in [2.05, 4.69) is 15.9 Å². The van der Waals surface area contributed by atoms with E-state index in [0.29, 0.717) is 16.4 Å². The average Bonchev–Trinajstić information content (AvgIpc) is 2.42. The number of ether oxygens (including phenoxy) is 1. The summed E-state index contributed by atoms with van der Waals surface area (Å²) in [5, 5.41) is 0.384. The minimum absolute atomic E-state index is 0.384. The summed E-state index contributed by atoms with van der Waals surface area (Å²) in [5.41, 5.74) is 1.37. The first-order valence-corrected chi connectivity index (χ1v) is 6.43. The van der Waals surface area contributed by atoms with Crippen LogP contribution in [0.4, 0.5) is 0 Å². The van der Waals surface area contributed by atoms with Gasteiger partial charge in [-0.3, -0.25) is 4.79 Å². The Bertz CT molecular complexity index is 582. The first-order chi connectivity index (χ1) is 8.70. The van der Waals surface area contributed by atoms with Crippen LogP contribution in [-0.2, 0) is 0 Å². The number of benzene rings is 2. The van der Waals surface area contributed by atoms with Crippen LogP contribution in [0.5, 0.6) is 5.75 Å².